The number of carbonyl (C=O) groups is 3. The molecule has 0 unspecified atom stereocenters. The van der Waals surface area contributed by atoms with Gasteiger partial charge in [0.15, 0.2) is 0 Å². The molecule has 1 atom stereocenters. The predicted octanol–water partition coefficient (Wildman–Crippen LogP) is 0.790. The summed E-state index contributed by atoms with van der Waals surface area (Å²) in [6, 6.07) is 8.08. The van der Waals surface area contributed by atoms with Crippen LogP contribution in [0.1, 0.15) is 32.8 Å². The number of hydroxylamine groups is 6. The van der Waals surface area contributed by atoms with Crippen molar-refractivity contribution in [2.24, 2.45) is 10.9 Å². The third kappa shape index (κ3) is 9.29. The van der Waals surface area contributed by atoms with Crippen LogP contribution < -0.4 is 5.73 Å². The lowest BCUT2D eigenvalue weighted by molar-refractivity contribution is -0.212. The molecule has 0 radical (unpaired) electrons. The first-order valence-electron chi connectivity index (χ1n) is 9.74. The molecule has 2 N–H and O–H groups in total. The molecule has 178 valence electrons. The van der Waals surface area contributed by atoms with Gasteiger partial charge in [-0.2, -0.15) is 5.06 Å². The Morgan fingerprint density at radius 2 is 1.84 bits per heavy atom. The Morgan fingerprint density at radius 3 is 2.38 bits per heavy atom. The molecule has 12 nitrogen and oxygen atoms in total. The van der Waals surface area contributed by atoms with Gasteiger partial charge in [0.25, 0.3) is 11.9 Å². The van der Waals surface area contributed by atoms with Crippen LogP contribution in [0.5, 0.6) is 0 Å². The molecule has 12 heteroatoms. The zero-order valence-electron chi connectivity index (χ0n) is 19.0. The molecule has 0 saturated carbocycles. The third-order valence-electron chi connectivity index (χ3n) is 3.84. The first kappa shape index (κ1) is 26.8. The van der Waals surface area contributed by atoms with Gasteiger partial charge in [0.2, 0.25) is 12.8 Å². The maximum atomic E-state index is 12.7. The standard InChI is InChI=1S/C20H31N5O7/c1-20(2,3)32-25(15-27)19(21)22-30-12-11-17(18(28)23(4)29-5)24(14-26)31-13-16-9-7-6-8-10-16/h6-10,14-15,17H,11-13H2,1-5H3,(H2,21,22)/t17-/m0/s1. The molecule has 0 aromatic heterocycles. The van der Waals surface area contributed by atoms with Gasteiger partial charge in [-0.3, -0.25) is 28.9 Å². The van der Waals surface area contributed by atoms with Crippen LogP contribution in [-0.2, 0) is 40.3 Å². The van der Waals surface area contributed by atoms with Crippen molar-refractivity contribution in [3.05, 3.63) is 35.9 Å². The van der Waals surface area contributed by atoms with Crippen LogP contribution >= 0.6 is 0 Å². The van der Waals surface area contributed by atoms with Crippen LogP contribution in [0.4, 0.5) is 0 Å². The molecule has 0 aliphatic rings. The molecular weight excluding hydrogens is 422 g/mol. The molecule has 1 aromatic carbocycles. The van der Waals surface area contributed by atoms with Crippen LogP contribution in [0.3, 0.4) is 0 Å². The van der Waals surface area contributed by atoms with E-state index in [4.69, 9.17) is 25.1 Å². The Balaban J connectivity index is 2.80. The van der Waals surface area contributed by atoms with Gasteiger partial charge in [-0.15, -0.1) is 0 Å². The summed E-state index contributed by atoms with van der Waals surface area (Å²) in [5.74, 6) is -0.877. The number of oxime groups is 1. The summed E-state index contributed by atoms with van der Waals surface area (Å²) in [6.07, 6.45) is 0.745. The highest BCUT2D eigenvalue weighted by molar-refractivity contribution is 5.85. The highest BCUT2D eigenvalue weighted by atomic mass is 16.7. The summed E-state index contributed by atoms with van der Waals surface area (Å²) in [6.45, 7) is 5.12. The van der Waals surface area contributed by atoms with Gasteiger partial charge >= 0.3 is 0 Å². The van der Waals surface area contributed by atoms with Crippen LogP contribution in [-0.4, -0.2) is 72.3 Å². The Kier molecular flexibility index (Phi) is 11.1. The number of rotatable bonds is 13. The predicted molar refractivity (Wildman–Crippen MR) is 114 cm³/mol. The summed E-state index contributed by atoms with van der Waals surface area (Å²) in [7, 11) is 2.72. The van der Waals surface area contributed by atoms with E-state index in [2.05, 4.69) is 5.16 Å². The van der Waals surface area contributed by atoms with Crippen molar-refractivity contribution in [1.82, 2.24) is 15.2 Å². The van der Waals surface area contributed by atoms with E-state index in [0.29, 0.717) is 12.8 Å². The SMILES string of the molecule is CON(C)C(=O)[C@H](CCON=C(N)N(C=O)OC(C)(C)C)N(C=O)OCc1ccccc1. The second-order valence-corrected chi connectivity index (χ2v) is 7.46. The molecule has 0 heterocycles. The van der Waals surface area contributed by atoms with Gasteiger partial charge in [0, 0.05) is 13.5 Å². The van der Waals surface area contributed by atoms with E-state index in [1.807, 2.05) is 30.3 Å². The molecule has 1 aromatic rings. The minimum atomic E-state index is -1.06. The highest BCUT2D eigenvalue weighted by Crippen LogP contribution is 2.12. The normalized spacial score (nSPS) is 12.6. The molecule has 32 heavy (non-hydrogen) atoms. The average Bonchev–Trinajstić information content (AvgIpc) is 2.77. The van der Waals surface area contributed by atoms with E-state index in [9.17, 15) is 14.4 Å². The van der Waals surface area contributed by atoms with E-state index in [1.165, 1.54) is 14.2 Å². The average molecular weight is 453 g/mol. The second kappa shape index (κ2) is 13.2. The van der Waals surface area contributed by atoms with Crippen molar-refractivity contribution in [1.29, 1.82) is 0 Å². The molecule has 0 spiro atoms. The fourth-order valence-corrected chi connectivity index (χ4v) is 2.31. The number of carbonyl (C=O) groups excluding carboxylic acids is 3. The number of nitrogens with two attached hydrogens (primary N) is 1. The third-order valence-corrected chi connectivity index (χ3v) is 3.84. The largest absolute Gasteiger partial charge is 0.393 e. The number of guanidine groups is 1. The number of amides is 3. The lowest BCUT2D eigenvalue weighted by Gasteiger charge is -2.28. The number of likely N-dealkylation sites (N-methyl/N-ethyl adjacent to an activating group) is 1. The van der Waals surface area contributed by atoms with Gasteiger partial charge in [-0.1, -0.05) is 30.3 Å². The summed E-state index contributed by atoms with van der Waals surface area (Å²) in [5.41, 5.74) is 5.81. The molecule has 0 aliphatic heterocycles. The van der Waals surface area contributed by atoms with Gasteiger partial charge in [0.1, 0.15) is 19.3 Å². The Bertz CT molecular complexity index is 754. The van der Waals surface area contributed by atoms with E-state index >= 15 is 0 Å². The zero-order valence-corrected chi connectivity index (χ0v) is 19.0. The first-order chi connectivity index (χ1) is 15.1. The van der Waals surface area contributed by atoms with Gasteiger partial charge < -0.3 is 10.6 Å². The zero-order chi connectivity index (χ0) is 24.1. The number of hydrogen-bond acceptors (Lipinski definition) is 8. The molecule has 3 amide bonds. The van der Waals surface area contributed by atoms with Crippen molar-refractivity contribution in [3.8, 4) is 0 Å². The van der Waals surface area contributed by atoms with Crippen molar-refractivity contribution in [2.75, 3.05) is 20.8 Å². The molecule has 1 rings (SSSR count). The molecule has 0 fully saturated rings. The number of benzene rings is 1. The molecule has 0 aliphatic carbocycles. The highest BCUT2D eigenvalue weighted by Gasteiger charge is 2.29. The van der Waals surface area contributed by atoms with Crippen LogP contribution in [0.15, 0.2) is 35.5 Å². The monoisotopic (exact) mass is 453 g/mol. The van der Waals surface area contributed by atoms with Crippen LogP contribution in [0, 0.1) is 0 Å². The van der Waals surface area contributed by atoms with E-state index < -0.39 is 17.6 Å². The fraction of sp³-hybridized carbons (Fsp3) is 0.500. The van der Waals surface area contributed by atoms with Gasteiger partial charge in [-0.25, -0.2) is 10.1 Å². The van der Waals surface area contributed by atoms with Gasteiger partial charge in [-0.05, 0) is 31.5 Å². The van der Waals surface area contributed by atoms with Crippen LogP contribution in [0.25, 0.3) is 0 Å². The molecule has 0 bridgehead atoms. The smallest absolute Gasteiger partial charge is 0.271 e. The molecule has 0 saturated heterocycles. The summed E-state index contributed by atoms with van der Waals surface area (Å²) in [4.78, 5) is 56.3. The van der Waals surface area contributed by atoms with E-state index in [1.54, 1.807) is 20.8 Å². The Hall–Kier alpha value is -3.22. The second-order valence-electron chi connectivity index (χ2n) is 7.46. The van der Waals surface area contributed by atoms with Crippen molar-refractivity contribution < 1.29 is 33.7 Å². The summed E-state index contributed by atoms with van der Waals surface area (Å²) in [5, 5.41) is 6.20. The number of hydrogen-bond donors (Lipinski definition) is 1. The maximum absolute atomic E-state index is 12.7. The quantitative estimate of drug-likeness (QED) is 0.152. The number of nitrogens with zero attached hydrogens (tertiary/aromatic N) is 4. The van der Waals surface area contributed by atoms with Gasteiger partial charge in [0.05, 0.1) is 12.7 Å². The van der Waals surface area contributed by atoms with Crippen molar-refractivity contribution in [3.63, 3.8) is 0 Å². The summed E-state index contributed by atoms with van der Waals surface area (Å²) >= 11 is 0. The fourth-order valence-electron chi connectivity index (χ4n) is 2.31. The van der Waals surface area contributed by atoms with Crippen molar-refractivity contribution >= 4 is 24.7 Å². The van der Waals surface area contributed by atoms with E-state index in [-0.39, 0.29) is 25.6 Å². The maximum Gasteiger partial charge on any atom is 0.271 e. The lowest BCUT2D eigenvalue weighted by atomic mass is 10.2. The summed E-state index contributed by atoms with van der Waals surface area (Å²) < 4.78 is 0. The van der Waals surface area contributed by atoms with Crippen molar-refractivity contribution in [2.45, 2.75) is 45.4 Å². The Morgan fingerprint density at radius 1 is 1.19 bits per heavy atom. The van der Waals surface area contributed by atoms with E-state index in [0.717, 1.165) is 20.8 Å². The lowest BCUT2D eigenvalue weighted by Crippen LogP contribution is -2.47. The molecular formula is C20H31N5O7. The topological polar surface area (TPSA) is 136 Å². The minimum absolute atomic E-state index is 0.00192. The first-order valence-corrected chi connectivity index (χ1v) is 9.74. The Labute approximate surface area is 187 Å². The van der Waals surface area contributed by atoms with Crippen LogP contribution in [0.2, 0.25) is 0 Å². The minimum Gasteiger partial charge on any atom is -0.393 e.